The standard InChI is InChI=1S/C23H21BrClNO7S/c1-4-30-22(28)18-12(3)19(23(29)31-5-2)34-21(18)26-20(27)17-9-7-14(33-17)11-32-16-8-6-13(24)10-15(16)25/h6-10H,4-5,11H2,1-3H3,(H,26,27). The Kier molecular flexibility index (Phi) is 8.76. The lowest BCUT2D eigenvalue weighted by molar-refractivity contribution is 0.0527. The van der Waals surface area contributed by atoms with E-state index in [-0.39, 0.29) is 41.0 Å². The van der Waals surface area contributed by atoms with Crippen LogP contribution in [0.3, 0.4) is 0 Å². The van der Waals surface area contributed by atoms with E-state index in [1.807, 2.05) is 0 Å². The van der Waals surface area contributed by atoms with Crippen molar-refractivity contribution in [1.29, 1.82) is 0 Å². The molecule has 0 aliphatic heterocycles. The topological polar surface area (TPSA) is 104 Å². The molecule has 3 rings (SSSR count). The predicted molar refractivity (Wildman–Crippen MR) is 131 cm³/mol. The van der Waals surface area contributed by atoms with E-state index in [0.717, 1.165) is 15.8 Å². The van der Waals surface area contributed by atoms with Gasteiger partial charge in [-0.15, -0.1) is 11.3 Å². The Hall–Kier alpha value is -2.82. The number of carbonyl (C=O) groups is 3. The van der Waals surface area contributed by atoms with Gasteiger partial charge in [-0.1, -0.05) is 27.5 Å². The van der Waals surface area contributed by atoms with Gasteiger partial charge in [0.2, 0.25) is 0 Å². The van der Waals surface area contributed by atoms with Crippen LogP contribution in [0.2, 0.25) is 5.02 Å². The van der Waals surface area contributed by atoms with Crippen LogP contribution < -0.4 is 10.1 Å². The molecule has 8 nitrogen and oxygen atoms in total. The quantitative estimate of drug-likeness (QED) is 0.303. The zero-order valence-electron chi connectivity index (χ0n) is 18.5. The minimum absolute atomic E-state index is 0.000880. The van der Waals surface area contributed by atoms with Gasteiger partial charge in [-0.2, -0.15) is 0 Å². The zero-order valence-corrected chi connectivity index (χ0v) is 21.7. The molecule has 0 atom stereocenters. The summed E-state index contributed by atoms with van der Waals surface area (Å²) in [6, 6.07) is 8.27. The second kappa shape index (κ2) is 11.5. The molecule has 0 aliphatic rings. The number of nitrogens with one attached hydrogen (secondary N) is 1. The van der Waals surface area contributed by atoms with Crippen LogP contribution in [0.5, 0.6) is 5.75 Å². The fourth-order valence-electron chi connectivity index (χ4n) is 2.93. The van der Waals surface area contributed by atoms with E-state index in [2.05, 4.69) is 21.2 Å². The van der Waals surface area contributed by atoms with Crippen molar-refractivity contribution in [2.45, 2.75) is 27.4 Å². The lowest BCUT2D eigenvalue weighted by atomic mass is 10.1. The van der Waals surface area contributed by atoms with Crippen LogP contribution in [0.4, 0.5) is 5.00 Å². The lowest BCUT2D eigenvalue weighted by Gasteiger charge is -2.07. The summed E-state index contributed by atoms with van der Waals surface area (Å²) in [5.74, 6) is -0.979. The largest absolute Gasteiger partial charge is 0.484 e. The molecule has 0 saturated carbocycles. The Labute approximate surface area is 213 Å². The number of anilines is 1. The van der Waals surface area contributed by atoms with Crippen molar-refractivity contribution in [2.24, 2.45) is 0 Å². The van der Waals surface area contributed by atoms with Gasteiger partial charge in [0.25, 0.3) is 5.91 Å². The van der Waals surface area contributed by atoms with Crippen molar-refractivity contribution in [3.8, 4) is 5.75 Å². The molecule has 1 aromatic carbocycles. The second-order valence-electron chi connectivity index (χ2n) is 6.78. The molecule has 0 aliphatic carbocycles. The number of rotatable bonds is 9. The van der Waals surface area contributed by atoms with Gasteiger partial charge >= 0.3 is 11.9 Å². The molecule has 180 valence electrons. The highest BCUT2D eigenvalue weighted by atomic mass is 79.9. The van der Waals surface area contributed by atoms with Gasteiger partial charge in [0.1, 0.15) is 28.0 Å². The summed E-state index contributed by atoms with van der Waals surface area (Å²) >= 11 is 10.4. The van der Waals surface area contributed by atoms with Crippen molar-refractivity contribution in [3.63, 3.8) is 0 Å². The van der Waals surface area contributed by atoms with E-state index in [9.17, 15) is 14.4 Å². The number of thiophene rings is 1. The van der Waals surface area contributed by atoms with E-state index < -0.39 is 17.8 Å². The van der Waals surface area contributed by atoms with Crippen molar-refractivity contribution >= 4 is 61.7 Å². The average molecular weight is 571 g/mol. The first-order valence-corrected chi connectivity index (χ1v) is 12.2. The van der Waals surface area contributed by atoms with Crippen LogP contribution in [-0.4, -0.2) is 31.1 Å². The highest BCUT2D eigenvalue weighted by Crippen LogP contribution is 2.35. The number of esters is 2. The molecular formula is C23H21BrClNO7S. The smallest absolute Gasteiger partial charge is 0.348 e. The van der Waals surface area contributed by atoms with Crippen molar-refractivity contribution in [1.82, 2.24) is 0 Å². The number of carbonyl (C=O) groups excluding carboxylic acids is 3. The van der Waals surface area contributed by atoms with Gasteiger partial charge < -0.3 is 23.9 Å². The minimum atomic E-state index is -0.651. The summed E-state index contributed by atoms with van der Waals surface area (Å²) in [6.45, 7) is 5.31. The zero-order chi connectivity index (χ0) is 24.8. The summed E-state index contributed by atoms with van der Waals surface area (Å²) in [6.07, 6.45) is 0. The van der Waals surface area contributed by atoms with E-state index in [4.69, 9.17) is 30.2 Å². The van der Waals surface area contributed by atoms with E-state index >= 15 is 0 Å². The number of ether oxygens (including phenoxy) is 3. The molecule has 2 aromatic heterocycles. The predicted octanol–water partition coefficient (Wildman–Crippen LogP) is 6.25. The maximum atomic E-state index is 12.8. The van der Waals surface area contributed by atoms with E-state index in [1.165, 1.54) is 6.07 Å². The summed E-state index contributed by atoms with van der Waals surface area (Å²) in [5.41, 5.74) is 0.473. The Bertz CT molecular complexity index is 1220. The average Bonchev–Trinajstić information content (AvgIpc) is 3.38. The Morgan fingerprint density at radius 2 is 1.79 bits per heavy atom. The molecule has 0 spiro atoms. The lowest BCUT2D eigenvalue weighted by Crippen LogP contribution is -2.14. The van der Waals surface area contributed by atoms with Crippen molar-refractivity contribution < 1.29 is 33.0 Å². The highest BCUT2D eigenvalue weighted by Gasteiger charge is 2.28. The maximum Gasteiger partial charge on any atom is 0.348 e. The number of hydrogen-bond acceptors (Lipinski definition) is 8. The van der Waals surface area contributed by atoms with Crippen LogP contribution in [-0.2, 0) is 16.1 Å². The van der Waals surface area contributed by atoms with E-state index in [1.54, 1.807) is 45.0 Å². The molecule has 11 heteroatoms. The summed E-state index contributed by atoms with van der Waals surface area (Å²) in [7, 11) is 0. The molecule has 3 aromatic rings. The van der Waals surface area contributed by atoms with Gasteiger partial charge in [0.05, 0.1) is 23.8 Å². The van der Waals surface area contributed by atoms with Crippen LogP contribution in [0.1, 0.15) is 55.8 Å². The van der Waals surface area contributed by atoms with Crippen LogP contribution in [0.15, 0.2) is 39.2 Å². The Balaban J connectivity index is 1.77. The van der Waals surface area contributed by atoms with Gasteiger partial charge in [-0.05, 0) is 56.7 Å². The first kappa shape index (κ1) is 25.8. The van der Waals surface area contributed by atoms with Gasteiger partial charge in [0, 0.05) is 4.47 Å². The van der Waals surface area contributed by atoms with Crippen LogP contribution in [0, 0.1) is 6.92 Å². The first-order chi connectivity index (χ1) is 16.2. The molecule has 0 unspecified atom stereocenters. The van der Waals surface area contributed by atoms with Gasteiger partial charge in [-0.25, -0.2) is 9.59 Å². The molecule has 2 heterocycles. The van der Waals surface area contributed by atoms with Gasteiger partial charge in [0.15, 0.2) is 5.76 Å². The Morgan fingerprint density at radius 3 is 2.47 bits per heavy atom. The summed E-state index contributed by atoms with van der Waals surface area (Å²) in [4.78, 5) is 37.8. The third-order valence-corrected chi connectivity index (χ3v) is 6.44. The van der Waals surface area contributed by atoms with Crippen molar-refractivity contribution in [3.05, 3.63) is 67.4 Å². The normalized spacial score (nSPS) is 10.6. The monoisotopic (exact) mass is 569 g/mol. The first-order valence-electron chi connectivity index (χ1n) is 10.2. The number of hydrogen-bond donors (Lipinski definition) is 1. The molecular weight excluding hydrogens is 550 g/mol. The number of furan rings is 1. The SMILES string of the molecule is CCOC(=O)c1sc(NC(=O)c2ccc(COc3ccc(Br)cc3Cl)o2)c(C(=O)OCC)c1C. The molecule has 1 amide bonds. The fourth-order valence-corrected chi connectivity index (χ4v) is 4.74. The Morgan fingerprint density at radius 1 is 1.09 bits per heavy atom. The third-order valence-electron chi connectivity index (χ3n) is 4.46. The molecule has 0 radical (unpaired) electrons. The fraction of sp³-hybridized carbons (Fsp3) is 0.261. The van der Waals surface area contributed by atoms with Crippen molar-refractivity contribution in [2.75, 3.05) is 18.5 Å². The van der Waals surface area contributed by atoms with Crippen LogP contribution in [0.25, 0.3) is 0 Å². The third kappa shape index (κ3) is 5.99. The summed E-state index contributed by atoms with van der Waals surface area (Å²) in [5, 5.41) is 3.23. The van der Waals surface area contributed by atoms with Gasteiger partial charge in [-0.3, -0.25) is 4.79 Å². The maximum absolute atomic E-state index is 12.8. The molecule has 0 fully saturated rings. The number of benzene rings is 1. The highest BCUT2D eigenvalue weighted by molar-refractivity contribution is 9.10. The number of amides is 1. The molecule has 1 N–H and O–H groups in total. The summed E-state index contributed by atoms with van der Waals surface area (Å²) < 4.78 is 22.2. The molecule has 0 saturated heterocycles. The minimum Gasteiger partial charge on any atom is -0.484 e. The number of halogens is 2. The molecule has 0 bridgehead atoms. The van der Waals surface area contributed by atoms with E-state index in [0.29, 0.717) is 22.1 Å². The second-order valence-corrected chi connectivity index (χ2v) is 9.13. The molecule has 34 heavy (non-hydrogen) atoms. The van der Waals surface area contributed by atoms with Crippen LogP contribution >= 0.6 is 38.9 Å².